The third kappa shape index (κ3) is 2.76. The van der Waals surface area contributed by atoms with Gasteiger partial charge in [0, 0.05) is 6.20 Å². The molecular formula is C11H9ClN4O. The molecule has 0 saturated carbocycles. The lowest BCUT2D eigenvalue weighted by Gasteiger charge is -2.06. The fraction of sp³-hybridized carbons (Fsp3) is 0.0909. The molecule has 2 rings (SSSR count). The van der Waals surface area contributed by atoms with Gasteiger partial charge >= 0.3 is 0 Å². The van der Waals surface area contributed by atoms with Gasteiger partial charge in [0.25, 0.3) is 5.91 Å². The number of anilines is 1. The molecule has 0 fully saturated rings. The van der Waals surface area contributed by atoms with Gasteiger partial charge in [-0.1, -0.05) is 11.6 Å². The van der Waals surface area contributed by atoms with Gasteiger partial charge in [0.15, 0.2) is 0 Å². The van der Waals surface area contributed by atoms with Gasteiger partial charge < -0.3 is 5.32 Å². The van der Waals surface area contributed by atoms with Crippen molar-refractivity contribution in [2.24, 2.45) is 0 Å². The second kappa shape index (κ2) is 4.88. The van der Waals surface area contributed by atoms with Crippen LogP contribution in [0.2, 0.25) is 5.15 Å². The predicted molar refractivity (Wildman–Crippen MR) is 64.0 cm³/mol. The SMILES string of the molecule is Cc1ncccc1NC(=O)c1cncc(Cl)n1. The molecule has 0 unspecified atom stereocenters. The number of halogens is 1. The standard InChI is InChI=1S/C11H9ClN4O/c1-7-8(3-2-4-14-7)16-11(17)9-5-13-6-10(12)15-9/h2-6H,1H3,(H,16,17). The van der Waals surface area contributed by atoms with Crippen molar-refractivity contribution >= 4 is 23.2 Å². The molecule has 0 saturated heterocycles. The van der Waals surface area contributed by atoms with Gasteiger partial charge in [-0.25, -0.2) is 4.98 Å². The number of amides is 1. The monoisotopic (exact) mass is 248 g/mol. The number of nitrogens with zero attached hydrogens (tertiary/aromatic N) is 3. The first-order valence-electron chi connectivity index (χ1n) is 4.87. The van der Waals surface area contributed by atoms with Crippen LogP contribution < -0.4 is 5.32 Å². The summed E-state index contributed by atoms with van der Waals surface area (Å²) in [6.07, 6.45) is 4.38. The average Bonchev–Trinajstić information content (AvgIpc) is 2.32. The van der Waals surface area contributed by atoms with Crippen LogP contribution in [0, 0.1) is 6.92 Å². The predicted octanol–water partition coefficient (Wildman–Crippen LogP) is 2.09. The molecule has 0 bridgehead atoms. The van der Waals surface area contributed by atoms with Crippen molar-refractivity contribution in [2.45, 2.75) is 6.92 Å². The minimum absolute atomic E-state index is 0.167. The molecule has 1 amide bonds. The topological polar surface area (TPSA) is 67.8 Å². The number of rotatable bonds is 2. The molecular weight excluding hydrogens is 240 g/mol. The normalized spacial score (nSPS) is 10.0. The molecule has 6 heteroatoms. The molecule has 0 spiro atoms. The summed E-state index contributed by atoms with van der Waals surface area (Å²) in [5.74, 6) is -0.365. The number of carbonyl (C=O) groups is 1. The summed E-state index contributed by atoms with van der Waals surface area (Å²) in [7, 11) is 0. The highest BCUT2D eigenvalue weighted by Crippen LogP contribution is 2.12. The van der Waals surface area contributed by atoms with Crippen molar-refractivity contribution in [1.29, 1.82) is 0 Å². The Labute approximate surface area is 103 Å². The third-order valence-electron chi connectivity index (χ3n) is 2.09. The van der Waals surface area contributed by atoms with Crippen LogP contribution in [-0.2, 0) is 0 Å². The van der Waals surface area contributed by atoms with Crippen molar-refractivity contribution in [3.63, 3.8) is 0 Å². The van der Waals surface area contributed by atoms with Crippen LogP contribution >= 0.6 is 11.6 Å². The smallest absolute Gasteiger partial charge is 0.275 e. The molecule has 0 aromatic carbocycles. The largest absolute Gasteiger partial charge is 0.319 e. The molecule has 0 atom stereocenters. The van der Waals surface area contributed by atoms with Crippen LogP contribution in [0.1, 0.15) is 16.2 Å². The van der Waals surface area contributed by atoms with E-state index in [0.717, 1.165) is 5.69 Å². The van der Waals surface area contributed by atoms with E-state index in [1.807, 2.05) is 0 Å². The summed E-state index contributed by atoms with van der Waals surface area (Å²) < 4.78 is 0. The van der Waals surface area contributed by atoms with E-state index in [4.69, 9.17) is 11.6 Å². The minimum Gasteiger partial charge on any atom is -0.319 e. The van der Waals surface area contributed by atoms with Crippen LogP contribution in [0.15, 0.2) is 30.7 Å². The summed E-state index contributed by atoms with van der Waals surface area (Å²) >= 11 is 5.66. The second-order valence-corrected chi connectivity index (χ2v) is 3.70. The molecule has 17 heavy (non-hydrogen) atoms. The van der Waals surface area contributed by atoms with Crippen LogP contribution in [0.4, 0.5) is 5.69 Å². The van der Waals surface area contributed by atoms with Crippen molar-refractivity contribution in [2.75, 3.05) is 5.32 Å². The number of pyridine rings is 1. The Morgan fingerprint density at radius 1 is 1.41 bits per heavy atom. The maximum Gasteiger partial charge on any atom is 0.275 e. The van der Waals surface area contributed by atoms with Gasteiger partial charge in [-0.15, -0.1) is 0 Å². The molecule has 5 nitrogen and oxygen atoms in total. The molecule has 1 N–H and O–H groups in total. The van der Waals surface area contributed by atoms with E-state index in [-0.39, 0.29) is 16.8 Å². The number of carbonyl (C=O) groups excluding carboxylic acids is 1. The van der Waals surface area contributed by atoms with Crippen LogP contribution in [-0.4, -0.2) is 20.9 Å². The number of hydrogen-bond acceptors (Lipinski definition) is 4. The van der Waals surface area contributed by atoms with Gasteiger partial charge in [-0.3, -0.25) is 14.8 Å². The summed E-state index contributed by atoms with van der Waals surface area (Å²) in [6, 6.07) is 3.50. The first kappa shape index (κ1) is 11.5. The third-order valence-corrected chi connectivity index (χ3v) is 2.28. The Morgan fingerprint density at radius 2 is 2.24 bits per heavy atom. The van der Waals surface area contributed by atoms with E-state index >= 15 is 0 Å². The summed E-state index contributed by atoms with van der Waals surface area (Å²) in [5, 5.41) is 2.87. The second-order valence-electron chi connectivity index (χ2n) is 3.32. The number of aromatic nitrogens is 3. The van der Waals surface area contributed by atoms with E-state index in [0.29, 0.717) is 5.69 Å². The Kier molecular flexibility index (Phi) is 3.30. The molecule has 0 aliphatic heterocycles. The first-order valence-corrected chi connectivity index (χ1v) is 5.25. The minimum atomic E-state index is -0.365. The lowest BCUT2D eigenvalue weighted by atomic mass is 10.3. The summed E-state index contributed by atoms with van der Waals surface area (Å²) in [5.41, 5.74) is 1.54. The number of hydrogen-bond donors (Lipinski definition) is 1. The maximum atomic E-state index is 11.8. The van der Waals surface area contributed by atoms with Crippen molar-refractivity contribution < 1.29 is 4.79 Å². The van der Waals surface area contributed by atoms with Gasteiger partial charge in [-0.05, 0) is 19.1 Å². The fourth-order valence-electron chi connectivity index (χ4n) is 1.25. The van der Waals surface area contributed by atoms with E-state index in [9.17, 15) is 4.79 Å². The Morgan fingerprint density at radius 3 is 2.94 bits per heavy atom. The van der Waals surface area contributed by atoms with Gasteiger partial charge in [0.1, 0.15) is 10.8 Å². The van der Waals surface area contributed by atoms with Crippen LogP contribution in [0.5, 0.6) is 0 Å². The Bertz CT molecular complexity index is 559. The zero-order valence-corrected chi connectivity index (χ0v) is 9.77. The summed E-state index contributed by atoms with van der Waals surface area (Å²) in [6.45, 7) is 1.80. The highest BCUT2D eigenvalue weighted by atomic mass is 35.5. The molecule has 0 radical (unpaired) electrons. The Hall–Kier alpha value is -2.01. The van der Waals surface area contributed by atoms with E-state index in [1.54, 1.807) is 25.3 Å². The maximum absolute atomic E-state index is 11.8. The Balaban J connectivity index is 2.20. The first-order chi connectivity index (χ1) is 8.16. The zero-order valence-electron chi connectivity index (χ0n) is 9.01. The fourth-order valence-corrected chi connectivity index (χ4v) is 1.40. The highest BCUT2D eigenvalue weighted by Gasteiger charge is 2.10. The lowest BCUT2D eigenvalue weighted by Crippen LogP contribution is -2.15. The van der Waals surface area contributed by atoms with Crippen LogP contribution in [0.3, 0.4) is 0 Å². The quantitative estimate of drug-likeness (QED) is 0.884. The zero-order chi connectivity index (χ0) is 12.3. The molecule has 2 heterocycles. The van der Waals surface area contributed by atoms with Crippen molar-refractivity contribution in [3.05, 3.63) is 47.3 Å². The highest BCUT2D eigenvalue weighted by molar-refractivity contribution is 6.29. The molecule has 2 aromatic heterocycles. The van der Waals surface area contributed by atoms with Gasteiger partial charge in [0.05, 0.1) is 23.8 Å². The average molecular weight is 249 g/mol. The van der Waals surface area contributed by atoms with Crippen molar-refractivity contribution in [3.8, 4) is 0 Å². The number of aryl methyl sites for hydroxylation is 1. The van der Waals surface area contributed by atoms with Crippen molar-refractivity contribution in [1.82, 2.24) is 15.0 Å². The van der Waals surface area contributed by atoms with Crippen LogP contribution in [0.25, 0.3) is 0 Å². The molecule has 0 aliphatic carbocycles. The molecule has 86 valence electrons. The molecule has 0 aliphatic rings. The number of nitrogens with one attached hydrogen (secondary N) is 1. The summed E-state index contributed by atoms with van der Waals surface area (Å²) in [4.78, 5) is 23.6. The van der Waals surface area contributed by atoms with Gasteiger partial charge in [-0.2, -0.15) is 0 Å². The van der Waals surface area contributed by atoms with E-state index in [1.165, 1.54) is 12.4 Å². The lowest BCUT2D eigenvalue weighted by molar-refractivity contribution is 0.102. The van der Waals surface area contributed by atoms with E-state index in [2.05, 4.69) is 20.3 Å². The van der Waals surface area contributed by atoms with E-state index < -0.39 is 0 Å². The van der Waals surface area contributed by atoms with Gasteiger partial charge in [0.2, 0.25) is 0 Å². The molecule has 2 aromatic rings.